The number of hydrogen-bond acceptors (Lipinski definition) is 6. The maximum atomic E-state index is 13.3. The van der Waals surface area contributed by atoms with Crippen molar-refractivity contribution in [3.8, 4) is 6.07 Å². The number of nitriles is 1. The van der Waals surface area contributed by atoms with Crippen molar-refractivity contribution in [1.29, 1.82) is 5.26 Å². The maximum absolute atomic E-state index is 13.3. The van der Waals surface area contributed by atoms with Crippen molar-refractivity contribution in [2.45, 2.75) is 31.5 Å². The van der Waals surface area contributed by atoms with E-state index in [0.29, 0.717) is 11.3 Å². The SMILES string of the molecule is C=CCOC(=O)C1=C(C)N(c2cccc(CF)c2)C(=O)NC1c1ccc(C#N)cc1S(=O)(=O)CC. The third-order valence-electron chi connectivity index (χ3n) is 5.53. The molecule has 1 aliphatic rings. The third kappa shape index (κ3) is 5.10. The summed E-state index contributed by atoms with van der Waals surface area (Å²) in [6.45, 7) is 5.65. The molecule has 1 atom stereocenters. The average molecular weight is 498 g/mol. The second-order valence-corrected chi connectivity index (χ2v) is 9.92. The number of carbonyl (C=O) groups excluding carboxylic acids is 2. The lowest BCUT2D eigenvalue weighted by Gasteiger charge is -2.36. The molecule has 0 saturated carbocycles. The van der Waals surface area contributed by atoms with Crippen molar-refractivity contribution in [1.82, 2.24) is 5.32 Å². The largest absolute Gasteiger partial charge is 0.458 e. The van der Waals surface area contributed by atoms with Crippen molar-refractivity contribution < 1.29 is 27.1 Å². The highest BCUT2D eigenvalue weighted by Crippen LogP contribution is 2.37. The Morgan fingerprint density at radius 3 is 2.69 bits per heavy atom. The third-order valence-corrected chi connectivity index (χ3v) is 7.31. The summed E-state index contributed by atoms with van der Waals surface area (Å²) in [6, 6.07) is 10.3. The van der Waals surface area contributed by atoms with E-state index in [1.807, 2.05) is 6.07 Å². The maximum Gasteiger partial charge on any atom is 0.338 e. The standard InChI is InChI=1S/C25H24FN3O5S/c1-4-11-34-24(30)22-16(3)29(19-8-6-7-17(12-19)14-26)25(31)28-23(22)20-10-9-18(15-27)13-21(20)35(32,33)5-2/h4,6-10,12-13,23H,1,5,11,14H2,2-3H3,(H,28,31). The van der Waals surface area contributed by atoms with Crippen LogP contribution in [0.5, 0.6) is 0 Å². The molecule has 182 valence electrons. The number of sulfone groups is 1. The van der Waals surface area contributed by atoms with Crippen LogP contribution in [-0.4, -0.2) is 32.8 Å². The molecule has 35 heavy (non-hydrogen) atoms. The van der Waals surface area contributed by atoms with Crippen LogP contribution in [0.25, 0.3) is 0 Å². The fraction of sp³-hybridized carbons (Fsp3) is 0.240. The Morgan fingerprint density at radius 1 is 1.31 bits per heavy atom. The molecule has 0 radical (unpaired) electrons. The number of carbonyl (C=O) groups is 2. The minimum absolute atomic E-state index is 0.00522. The summed E-state index contributed by atoms with van der Waals surface area (Å²) in [6.07, 6.45) is 1.38. The van der Waals surface area contributed by atoms with Gasteiger partial charge in [-0.25, -0.2) is 22.4 Å². The highest BCUT2D eigenvalue weighted by molar-refractivity contribution is 7.91. The Morgan fingerprint density at radius 2 is 2.06 bits per heavy atom. The zero-order valence-electron chi connectivity index (χ0n) is 19.2. The number of ether oxygens (including phenoxy) is 1. The first-order valence-electron chi connectivity index (χ1n) is 10.7. The molecule has 0 bridgehead atoms. The monoisotopic (exact) mass is 497 g/mol. The molecule has 10 heteroatoms. The quantitative estimate of drug-likeness (QED) is 0.434. The van der Waals surface area contributed by atoms with Gasteiger partial charge in [-0.15, -0.1) is 0 Å². The van der Waals surface area contributed by atoms with Crippen LogP contribution in [-0.2, 0) is 26.0 Å². The summed E-state index contributed by atoms with van der Waals surface area (Å²) < 4.78 is 44.3. The van der Waals surface area contributed by atoms with Gasteiger partial charge in [-0.05, 0) is 42.3 Å². The van der Waals surface area contributed by atoms with Crippen LogP contribution in [0.2, 0.25) is 0 Å². The van der Waals surface area contributed by atoms with Crippen LogP contribution in [0, 0.1) is 11.3 Å². The summed E-state index contributed by atoms with van der Waals surface area (Å²) >= 11 is 0. The zero-order valence-corrected chi connectivity index (χ0v) is 20.1. The highest BCUT2D eigenvalue weighted by Gasteiger charge is 2.39. The Bertz CT molecular complexity index is 1360. The van der Waals surface area contributed by atoms with Gasteiger partial charge in [-0.2, -0.15) is 5.26 Å². The van der Waals surface area contributed by atoms with E-state index in [9.17, 15) is 27.7 Å². The summed E-state index contributed by atoms with van der Waals surface area (Å²) in [5, 5.41) is 12.0. The lowest BCUT2D eigenvalue weighted by molar-refractivity contribution is -0.138. The first-order valence-corrected chi connectivity index (χ1v) is 12.3. The number of anilines is 1. The van der Waals surface area contributed by atoms with Crippen molar-refractivity contribution in [2.24, 2.45) is 0 Å². The van der Waals surface area contributed by atoms with E-state index in [1.54, 1.807) is 18.2 Å². The molecule has 0 aromatic heterocycles. The van der Waals surface area contributed by atoms with E-state index in [-0.39, 0.29) is 39.7 Å². The number of alkyl halides is 1. The van der Waals surface area contributed by atoms with Gasteiger partial charge in [0, 0.05) is 5.70 Å². The Labute approximate surface area is 203 Å². The lowest BCUT2D eigenvalue weighted by Crippen LogP contribution is -2.48. The number of nitrogens with one attached hydrogen (secondary N) is 1. The van der Waals surface area contributed by atoms with Crippen molar-refractivity contribution in [3.05, 3.63) is 83.1 Å². The minimum Gasteiger partial charge on any atom is -0.458 e. The second kappa shape index (κ2) is 10.5. The van der Waals surface area contributed by atoms with Crippen LogP contribution in [0.4, 0.5) is 14.9 Å². The molecule has 1 N–H and O–H groups in total. The first kappa shape index (κ1) is 25.6. The van der Waals surface area contributed by atoms with Gasteiger partial charge < -0.3 is 10.1 Å². The number of esters is 1. The van der Waals surface area contributed by atoms with Gasteiger partial charge >= 0.3 is 12.0 Å². The number of rotatable bonds is 8. The molecule has 1 aliphatic heterocycles. The molecule has 0 saturated heterocycles. The molecule has 2 aromatic rings. The molecule has 2 amide bonds. The fourth-order valence-corrected chi connectivity index (χ4v) is 4.97. The molecule has 3 rings (SSSR count). The van der Waals surface area contributed by atoms with Crippen LogP contribution >= 0.6 is 0 Å². The average Bonchev–Trinajstić information content (AvgIpc) is 2.86. The van der Waals surface area contributed by atoms with Crippen LogP contribution in [0.15, 0.2) is 71.3 Å². The molecular weight excluding hydrogens is 473 g/mol. The van der Waals surface area contributed by atoms with Gasteiger partial charge in [0.2, 0.25) is 0 Å². The predicted octanol–water partition coefficient (Wildman–Crippen LogP) is 4.10. The van der Waals surface area contributed by atoms with Gasteiger partial charge in [0.25, 0.3) is 0 Å². The summed E-state index contributed by atoms with van der Waals surface area (Å²) in [4.78, 5) is 27.4. The van der Waals surface area contributed by atoms with Gasteiger partial charge in [-0.1, -0.05) is 37.8 Å². The minimum atomic E-state index is -3.84. The number of benzene rings is 2. The predicted molar refractivity (Wildman–Crippen MR) is 128 cm³/mol. The van der Waals surface area contributed by atoms with E-state index in [4.69, 9.17) is 4.74 Å². The molecule has 1 unspecified atom stereocenters. The van der Waals surface area contributed by atoms with E-state index < -0.39 is 34.6 Å². The topological polar surface area (TPSA) is 117 Å². The summed E-state index contributed by atoms with van der Waals surface area (Å²) in [5.74, 6) is -1.04. The molecule has 0 aliphatic carbocycles. The molecule has 8 nitrogen and oxygen atoms in total. The van der Waals surface area contributed by atoms with Gasteiger partial charge in [0.1, 0.15) is 13.3 Å². The van der Waals surface area contributed by atoms with Crippen LogP contribution in [0.1, 0.15) is 36.6 Å². The number of nitrogens with zero attached hydrogens (tertiary/aromatic N) is 2. The van der Waals surface area contributed by atoms with Gasteiger partial charge in [0.05, 0.1) is 39.6 Å². The van der Waals surface area contributed by atoms with Gasteiger partial charge in [0.15, 0.2) is 9.84 Å². The van der Waals surface area contributed by atoms with Crippen LogP contribution < -0.4 is 10.2 Å². The first-order chi connectivity index (χ1) is 16.7. The Balaban J connectivity index is 2.27. The Kier molecular flexibility index (Phi) is 7.71. The molecule has 1 heterocycles. The number of allylic oxidation sites excluding steroid dienone is 1. The normalized spacial score (nSPS) is 15.9. The van der Waals surface area contributed by atoms with Gasteiger partial charge in [-0.3, -0.25) is 4.90 Å². The van der Waals surface area contributed by atoms with Crippen molar-refractivity contribution in [2.75, 3.05) is 17.3 Å². The molecule has 0 spiro atoms. The summed E-state index contributed by atoms with van der Waals surface area (Å²) in [7, 11) is -3.84. The fourth-order valence-electron chi connectivity index (χ4n) is 3.81. The highest BCUT2D eigenvalue weighted by atomic mass is 32.2. The van der Waals surface area contributed by atoms with E-state index in [0.717, 1.165) is 0 Å². The number of hydrogen-bond donors (Lipinski definition) is 1. The molecule has 2 aromatic carbocycles. The molecule has 0 fully saturated rings. The Hall–Kier alpha value is -3.97. The second-order valence-electron chi connectivity index (χ2n) is 7.68. The smallest absolute Gasteiger partial charge is 0.338 e. The van der Waals surface area contributed by atoms with Crippen molar-refractivity contribution >= 4 is 27.5 Å². The number of urea groups is 1. The molecular formula is C25H24FN3O5S. The van der Waals surface area contributed by atoms with Crippen molar-refractivity contribution in [3.63, 3.8) is 0 Å². The lowest BCUT2D eigenvalue weighted by atomic mass is 9.93. The van der Waals surface area contributed by atoms with Crippen LogP contribution in [0.3, 0.4) is 0 Å². The van der Waals surface area contributed by atoms with E-state index in [2.05, 4.69) is 11.9 Å². The zero-order chi connectivity index (χ0) is 25.8. The van der Waals surface area contributed by atoms with E-state index >= 15 is 0 Å². The number of amides is 2. The van der Waals surface area contributed by atoms with E-state index in [1.165, 1.54) is 49.1 Å². The summed E-state index contributed by atoms with van der Waals surface area (Å²) in [5.41, 5.74) is 1.08. The number of halogens is 1.